The van der Waals surface area contributed by atoms with E-state index in [1.807, 2.05) is 6.20 Å². The minimum Gasteiger partial charge on any atom is -0.312 e. The zero-order valence-corrected chi connectivity index (χ0v) is 12.5. The largest absolute Gasteiger partial charge is 0.312 e. The number of fused-ring (bicyclic) bond motifs is 1. The Morgan fingerprint density at radius 2 is 2.15 bits per heavy atom. The number of hydrogen-bond acceptors (Lipinski definition) is 2. The summed E-state index contributed by atoms with van der Waals surface area (Å²) < 4.78 is 2.26. The molecule has 0 saturated heterocycles. The van der Waals surface area contributed by atoms with Crippen molar-refractivity contribution in [3.05, 3.63) is 30.5 Å². The van der Waals surface area contributed by atoms with Crippen LogP contribution in [0.2, 0.25) is 0 Å². The fourth-order valence-corrected chi connectivity index (χ4v) is 3.45. The first-order valence-corrected chi connectivity index (χ1v) is 7.95. The van der Waals surface area contributed by atoms with Crippen molar-refractivity contribution in [2.75, 3.05) is 6.54 Å². The predicted octanol–water partition coefficient (Wildman–Crippen LogP) is 3.77. The van der Waals surface area contributed by atoms with Crippen molar-refractivity contribution < 1.29 is 0 Å². The third-order valence-electron chi connectivity index (χ3n) is 4.55. The maximum Gasteiger partial charge on any atom is 0.0686 e. The van der Waals surface area contributed by atoms with Gasteiger partial charge >= 0.3 is 0 Å². The normalized spacial score (nSPS) is 27.0. The molecule has 1 heterocycles. The van der Waals surface area contributed by atoms with E-state index >= 15 is 0 Å². The Morgan fingerprint density at radius 1 is 1.30 bits per heavy atom. The molecule has 3 nitrogen and oxygen atoms in total. The van der Waals surface area contributed by atoms with E-state index < -0.39 is 0 Å². The van der Waals surface area contributed by atoms with Gasteiger partial charge < -0.3 is 5.32 Å². The Labute approximate surface area is 121 Å². The lowest BCUT2D eigenvalue weighted by molar-refractivity contribution is 0.207. The fraction of sp³-hybridized carbons (Fsp3) is 0.588. The second-order valence-electron chi connectivity index (χ2n) is 6.19. The van der Waals surface area contributed by atoms with Crippen molar-refractivity contribution in [2.24, 2.45) is 5.92 Å². The molecule has 0 aliphatic heterocycles. The highest BCUT2D eigenvalue weighted by atomic mass is 15.3. The first-order valence-electron chi connectivity index (χ1n) is 7.95. The number of nitrogens with zero attached hydrogens (tertiary/aromatic N) is 2. The number of rotatable bonds is 4. The molecule has 108 valence electrons. The van der Waals surface area contributed by atoms with E-state index in [2.05, 4.69) is 53.2 Å². The topological polar surface area (TPSA) is 29.9 Å². The van der Waals surface area contributed by atoms with Gasteiger partial charge in [-0.1, -0.05) is 32.0 Å². The molecule has 0 bridgehead atoms. The Hall–Kier alpha value is -1.35. The van der Waals surface area contributed by atoms with Gasteiger partial charge in [0.25, 0.3) is 0 Å². The van der Waals surface area contributed by atoms with Crippen LogP contribution < -0.4 is 5.32 Å². The van der Waals surface area contributed by atoms with E-state index in [4.69, 9.17) is 0 Å². The Bertz CT molecular complexity index is 558. The molecule has 1 aromatic heterocycles. The van der Waals surface area contributed by atoms with E-state index in [1.165, 1.54) is 36.6 Å². The SMILES string of the molecule is CCCNC1CCC(C)CC1n1ncc2ccccc21. The van der Waals surface area contributed by atoms with E-state index in [0.717, 1.165) is 12.5 Å². The molecule has 2 aromatic rings. The Morgan fingerprint density at radius 3 is 3.00 bits per heavy atom. The molecule has 20 heavy (non-hydrogen) atoms. The van der Waals surface area contributed by atoms with Gasteiger partial charge in [0.15, 0.2) is 0 Å². The molecule has 1 aliphatic carbocycles. The summed E-state index contributed by atoms with van der Waals surface area (Å²) in [7, 11) is 0. The molecule has 1 N–H and O–H groups in total. The van der Waals surface area contributed by atoms with Gasteiger partial charge in [-0.05, 0) is 44.2 Å². The minimum absolute atomic E-state index is 0.491. The van der Waals surface area contributed by atoms with Gasteiger partial charge in [0.2, 0.25) is 0 Å². The zero-order chi connectivity index (χ0) is 13.9. The smallest absolute Gasteiger partial charge is 0.0686 e. The monoisotopic (exact) mass is 271 g/mol. The molecule has 0 spiro atoms. The lowest BCUT2D eigenvalue weighted by Gasteiger charge is -2.36. The number of nitrogens with one attached hydrogen (secondary N) is 1. The van der Waals surface area contributed by atoms with E-state index in [9.17, 15) is 0 Å². The van der Waals surface area contributed by atoms with Crippen LogP contribution in [0.1, 0.15) is 45.6 Å². The third-order valence-corrected chi connectivity index (χ3v) is 4.55. The number of hydrogen-bond donors (Lipinski definition) is 1. The molecule has 0 amide bonds. The summed E-state index contributed by atoms with van der Waals surface area (Å²) in [6, 6.07) is 9.60. The number of para-hydroxylation sites is 1. The summed E-state index contributed by atoms with van der Waals surface area (Å²) in [5.41, 5.74) is 1.27. The second-order valence-corrected chi connectivity index (χ2v) is 6.19. The van der Waals surface area contributed by atoms with Crippen LogP contribution in [0, 0.1) is 5.92 Å². The van der Waals surface area contributed by atoms with Crippen LogP contribution in [0.4, 0.5) is 0 Å². The average molecular weight is 271 g/mol. The number of benzene rings is 1. The van der Waals surface area contributed by atoms with Crippen molar-refractivity contribution in [1.29, 1.82) is 0 Å². The lowest BCUT2D eigenvalue weighted by atomic mass is 9.83. The quantitative estimate of drug-likeness (QED) is 0.917. The molecule has 1 aromatic carbocycles. The highest BCUT2D eigenvalue weighted by Crippen LogP contribution is 2.34. The predicted molar refractivity (Wildman–Crippen MR) is 83.9 cm³/mol. The second kappa shape index (κ2) is 5.96. The van der Waals surface area contributed by atoms with Crippen LogP contribution in [-0.2, 0) is 0 Å². The van der Waals surface area contributed by atoms with E-state index in [0.29, 0.717) is 12.1 Å². The summed E-state index contributed by atoms with van der Waals surface area (Å²) in [6.07, 6.45) is 7.02. The van der Waals surface area contributed by atoms with Crippen molar-refractivity contribution in [3.63, 3.8) is 0 Å². The zero-order valence-electron chi connectivity index (χ0n) is 12.5. The molecule has 0 radical (unpaired) electrons. The third kappa shape index (κ3) is 2.59. The maximum absolute atomic E-state index is 4.69. The van der Waals surface area contributed by atoms with Gasteiger partial charge in [-0.2, -0.15) is 5.10 Å². The maximum atomic E-state index is 4.69. The molecular weight excluding hydrogens is 246 g/mol. The van der Waals surface area contributed by atoms with Crippen LogP contribution in [0.3, 0.4) is 0 Å². The average Bonchev–Trinajstić information content (AvgIpc) is 2.90. The summed E-state index contributed by atoms with van der Waals surface area (Å²) in [4.78, 5) is 0. The van der Waals surface area contributed by atoms with Crippen molar-refractivity contribution in [1.82, 2.24) is 15.1 Å². The Kier molecular flexibility index (Phi) is 4.06. The van der Waals surface area contributed by atoms with Gasteiger partial charge in [-0.25, -0.2) is 0 Å². The molecule has 3 heteroatoms. The van der Waals surface area contributed by atoms with E-state index in [-0.39, 0.29) is 0 Å². The molecular formula is C17H25N3. The van der Waals surface area contributed by atoms with Crippen LogP contribution in [-0.4, -0.2) is 22.4 Å². The molecule has 1 saturated carbocycles. The molecule has 3 atom stereocenters. The van der Waals surface area contributed by atoms with Crippen molar-refractivity contribution in [2.45, 2.75) is 51.6 Å². The van der Waals surface area contributed by atoms with Gasteiger partial charge in [0.1, 0.15) is 0 Å². The highest BCUT2D eigenvalue weighted by molar-refractivity contribution is 5.78. The van der Waals surface area contributed by atoms with Crippen LogP contribution in [0.15, 0.2) is 30.5 Å². The lowest BCUT2D eigenvalue weighted by Crippen LogP contribution is -2.42. The summed E-state index contributed by atoms with van der Waals surface area (Å²) in [6.45, 7) is 5.71. The van der Waals surface area contributed by atoms with Gasteiger partial charge in [0, 0.05) is 11.4 Å². The summed E-state index contributed by atoms with van der Waals surface area (Å²) in [5.74, 6) is 0.794. The van der Waals surface area contributed by atoms with Crippen LogP contribution in [0.5, 0.6) is 0 Å². The van der Waals surface area contributed by atoms with Crippen LogP contribution in [0.25, 0.3) is 10.9 Å². The molecule has 3 rings (SSSR count). The van der Waals surface area contributed by atoms with Crippen molar-refractivity contribution >= 4 is 10.9 Å². The fourth-order valence-electron chi connectivity index (χ4n) is 3.45. The Balaban J connectivity index is 1.91. The summed E-state index contributed by atoms with van der Waals surface area (Å²) in [5, 5.41) is 9.67. The van der Waals surface area contributed by atoms with Gasteiger partial charge in [-0.3, -0.25) is 4.68 Å². The van der Waals surface area contributed by atoms with E-state index in [1.54, 1.807) is 0 Å². The summed E-state index contributed by atoms with van der Waals surface area (Å²) >= 11 is 0. The minimum atomic E-state index is 0.491. The standard InChI is InChI=1S/C17H25N3/c1-3-10-18-15-9-8-13(2)11-17(15)20-16-7-5-4-6-14(16)12-19-20/h4-7,12-13,15,17-18H,3,8-11H2,1-2H3. The molecule has 1 fully saturated rings. The van der Waals surface area contributed by atoms with Gasteiger partial charge in [0.05, 0.1) is 17.8 Å². The molecule has 3 unspecified atom stereocenters. The highest BCUT2D eigenvalue weighted by Gasteiger charge is 2.30. The first kappa shape index (κ1) is 13.6. The van der Waals surface area contributed by atoms with Gasteiger partial charge in [-0.15, -0.1) is 0 Å². The molecule has 1 aliphatic rings. The van der Waals surface area contributed by atoms with Crippen molar-refractivity contribution in [3.8, 4) is 0 Å². The number of aromatic nitrogens is 2. The van der Waals surface area contributed by atoms with Crippen LogP contribution >= 0.6 is 0 Å². The first-order chi connectivity index (χ1) is 9.79.